The fourth-order valence-corrected chi connectivity index (χ4v) is 2.91. The average Bonchev–Trinajstić information content (AvgIpc) is 2.34. The number of hydrogen-bond donors (Lipinski definition) is 1. The van der Waals surface area contributed by atoms with Gasteiger partial charge in [0.05, 0.1) is 6.54 Å². The molecule has 108 valence electrons. The highest BCUT2D eigenvalue weighted by molar-refractivity contribution is 4.83. The van der Waals surface area contributed by atoms with Crippen LogP contribution >= 0.6 is 0 Å². The Morgan fingerprint density at radius 2 is 2.00 bits per heavy atom. The highest BCUT2D eigenvalue weighted by Crippen LogP contribution is 2.22. The van der Waals surface area contributed by atoms with Gasteiger partial charge in [-0.1, -0.05) is 26.7 Å². The maximum absolute atomic E-state index is 12.3. The predicted molar refractivity (Wildman–Crippen MR) is 72.2 cm³/mol. The maximum Gasteiger partial charge on any atom is 0.250 e. The second-order valence-corrected chi connectivity index (χ2v) is 5.50. The standard InChI is InChI=1S/C14H28F2N2/c1-3-5-6-12-8-13(17-9-14(15)16)11-18(10-12)7-4-2/h12-14,17H,3-11H2,1-2H3. The summed E-state index contributed by atoms with van der Waals surface area (Å²) in [6.07, 6.45) is 3.69. The van der Waals surface area contributed by atoms with E-state index in [1.165, 1.54) is 19.3 Å². The molecule has 1 saturated heterocycles. The molecule has 0 aliphatic carbocycles. The number of nitrogens with zero attached hydrogens (tertiary/aromatic N) is 1. The van der Waals surface area contributed by atoms with Crippen LogP contribution < -0.4 is 5.32 Å². The smallest absolute Gasteiger partial charge is 0.250 e. The van der Waals surface area contributed by atoms with Crippen LogP contribution in [0.1, 0.15) is 46.0 Å². The Kier molecular flexibility index (Phi) is 7.75. The summed E-state index contributed by atoms with van der Waals surface area (Å²) in [6.45, 7) is 7.40. The Morgan fingerprint density at radius 1 is 1.22 bits per heavy atom. The van der Waals surface area contributed by atoms with Gasteiger partial charge in [0.2, 0.25) is 0 Å². The van der Waals surface area contributed by atoms with Crippen LogP contribution in [0.25, 0.3) is 0 Å². The lowest BCUT2D eigenvalue weighted by Gasteiger charge is -2.38. The van der Waals surface area contributed by atoms with Crippen LogP contribution in [0.15, 0.2) is 0 Å². The van der Waals surface area contributed by atoms with Crippen molar-refractivity contribution >= 4 is 0 Å². The van der Waals surface area contributed by atoms with Gasteiger partial charge in [-0.2, -0.15) is 0 Å². The highest BCUT2D eigenvalue weighted by Gasteiger charge is 2.26. The van der Waals surface area contributed by atoms with Gasteiger partial charge in [-0.05, 0) is 31.7 Å². The fourth-order valence-electron chi connectivity index (χ4n) is 2.91. The third kappa shape index (κ3) is 6.10. The molecule has 0 aromatic heterocycles. The first-order valence-corrected chi connectivity index (χ1v) is 7.39. The quantitative estimate of drug-likeness (QED) is 0.723. The van der Waals surface area contributed by atoms with E-state index in [1.54, 1.807) is 0 Å². The van der Waals surface area contributed by atoms with E-state index in [1.807, 2.05) is 0 Å². The highest BCUT2D eigenvalue weighted by atomic mass is 19.3. The van der Waals surface area contributed by atoms with E-state index in [9.17, 15) is 8.78 Å². The minimum atomic E-state index is -2.24. The van der Waals surface area contributed by atoms with E-state index in [4.69, 9.17) is 0 Å². The monoisotopic (exact) mass is 262 g/mol. The lowest BCUT2D eigenvalue weighted by atomic mass is 9.90. The van der Waals surface area contributed by atoms with Crippen LogP contribution in [-0.2, 0) is 0 Å². The van der Waals surface area contributed by atoms with Crippen molar-refractivity contribution in [3.8, 4) is 0 Å². The molecular formula is C14H28F2N2. The summed E-state index contributed by atoms with van der Waals surface area (Å²) in [7, 11) is 0. The second-order valence-electron chi connectivity index (χ2n) is 5.50. The molecule has 0 bridgehead atoms. The van der Waals surface area contributed by atoms with Gasteiger partial charge >= 0.3 is 0 Å². The SMILES string of the molecule is CCCCC1CC(NCC(F)F)CN(CCC)C1. The van der Waals surface area contributed by atoms with Gasteiger partial charge in [0.1, 0.15) is 0 Å². The Balaban J connectivity index is 2.40. The molecule has 0 aromatic carbocycles. The van der Waals surface area contributed by atoms with Gasteiger partial charge in [0.15, 0.2) is 0 Å². The first-order valence-electron chi connectivity index (χ1n) is 7.39. The summed E-state index contributed by atoms with van der Waals surface area (Å²) in [5.41, 5.74) is 0. The molecular weight excluding hydrogens is 234 g/mol. The van der Waals surface area contributed by atoms with Gasteiger partial charge in [-0.3, -0.25) is 0 Å². The van der Waals surface area contributed by atoms with Crippen LogP contribution in [0, 0.1) is 5.92 Å². The molecule has 1 rings (SSSR count). The van der Waals surface area contributed by atoms with Crippen LogP contribution in [0.3, 0.4) is 0 Å². The molecule has 0 saturated carbocycles. The first-order chi connectivity index (χ1) is 8.65. The van der Waals surface area contributed by atoms with Crippen LogP contribution in [-0.4, -0.2) is 43.5 Å². The van der Waals surface area contributed by atoms with E-state index < -0.39 is 6.43 Å². The number of unbranched alkanes of at least 4 members (excludes halogenated alkanes) is 1. The van der Waals surface area contributed by atoms with Gasteiger partial charge in [0.25, 0.3) is 6.43 Å². The molecule has 0 spiro atoms. The zero-order chi connectivity index (χ0) is 13.4. The summed E-state index contributed by atoms with van der Waals surface area (Å²) in [6, 6.07) is 0.251. The number of nitrogens with one attached hydrogen (secondary N) is 1. The van der Waals surface area contributed by atoms with E-state index >= 15 is 0 Å². The Bertz CT molecular complexity index is 212. The van der Waals surface area contributed by atoms with E-state index in [0.29, 0.717) is 5.92 Å². The second kappa shape index (κ2) is 8.81. The molecule has 1 fully saturated rings. The molecule has 0 radical (unpaired) electrons. The molecule has 0 amide bonds. The first kappa shape index (κ1) is 15.8. The molecule has 1 aliphatic rings. The Labute approximate surface area is 110 Å². The van der Waals surface area contributed by atoms with E-state index in [0.717, 1.165) is 32.5 Å². The van der Waals surface area contributed by atoms with Crippen LogP contribution in [0.2, 0.25) is 0 Å². The third-order valence-electron chi connectivity index (χ3n) is 3.68. The Hall–Kier alpha value is -0.220. The topological polar surface area (TPSA) is 15.3 Å². The average molecular weight is 262 g/mol. The summed E-state index contributed by atoms with van der Waals surface area (Å²) >= 11 is 0. The molecule has 1 heterocycles. The van der Waals surface area contributed by atoms with Gasteiger partial charge < -0.3 is 10.2 Å². The number of alkyl halides is 2. The number of likely N-dealkylation sites (tertiary alicyclic amines) is 1. The molecule has 18 heavy (non-hydrogen) atoms. The van der Waals surface area contributed by atoms with E-state index in [2.05, 4.69) is 24.1 Å². The van der Waals surface area contributed by atoms with Crippen molar-refractivity contribution in [1.29, 1.82) is 0 Å². The lowest BCUT2D eigenvalue weighted by molar-refractivity contribution is 0.106. The summed E-state index contributed by atoms with van der Waals surface area (Å²) in [4.78, 5) is 2.44. The largest absolute Gasteiger partial charge is 0.307 e. The number of halogens is 2. The summed E-state index contributed by atoms with van der Waals surface area (Å²) in [5.74, 6) is 0.681. The number of hydrogen-bond acceptors (Lipinski definition) is 2. The van der Waals surface area contributed by atoms with Gasteiger partial charge in [0, 0.05) is 19.1 Å². The van der Waals surface area contributed by atoms with Crippen LogP contribution in [0.4, 0.5) is 8.78 Å². The van der Waals surface area contributed by atoms with Gasteiger partial charge in [-0.25, -0.2) is 8.78 Å². The Morgan fingerprint density at radius 3 is 2.61 bits per heavy atom. The molecule has 2 nitrogen and oxygen atoms in total. The zero-order valence-electron chi connectivity index (χ0n) is 11.8. The van der Waals surface area contributed by atoms with Crippen molar-refractivity contribution in [3.05, 3.63) is 0 Å². The predicted octanol–water partition coefficient (Wildman–Crippen LogP) is 3.13. The van der Waals surface area contributed by atoms with Crippen molar-refractivity contribution in [3.63, 3.8) is 0 Å². The molecule has 4 heteroatoms. The summed E-state index contributed by atoms with van der Waals surface area (Å²) in [5, 5.41) is 3.02. The molecule has 2 atom stereocenters. The minimum absolute atomic E-state index is 0.162. The molecule has 2 unspecified atom stereocenters. The van der Waals surface area contributed by atoms with E-state index in [-0.39, 0.29) is 12.6 Å². The lowest BCUT2D eigenvalue weighted by Crippen LogP contribution is -2.50. The fraction of sp³-hybridized carbons (Fsp3) is 1.00. The zero-order valence-corrected chi connectivity index (χ0v) is 11.8. The van der Waals surface area contributed by atoms with Crippen molar-refractivity contribution in [1.82, 2.24) is 10.2 Å². The van der Waals surface area contributed by atoms with Crippen molar-refractivity contribution < 1.29 is 8.78 Å². The summed E-state index contributed by atoms with van der Waals surface area (Å²) < 4.78 is 24.5. The number of piperidine rings is 1. The van der Waals surface area contributed by atoms with Crippen LogP contribution in [0.5, 0.6) is 0 Å². The third-order valence-corrected chi connectivity index (χ3v) is 3.68. The normalized spacial score (nSPS) is 25.8. The molecule has 0 aromatic rings. The van der Waals surface area contributed by atoms with Crippen molar-refractivity contribution in [2.75, 3.05) is 26.2 Å². The number of rotatable bonds is 8. The van der Waals surface area contributed by atoms with Gasteiger partial charge in [-0.15, -0.1) is 0 Å². The van der Waals surface area contributed by atoms with Crippen molar-refractivity contribution in [2.45, 2.75) is 58.4 Å². The van der Waals surface area contributed by atoms with Crippen molar-refractivity contribution in [2.24, 2.45) is 5.92 Å². The molecule has 1 N–H and O–H groups in total. The maximum atomic E-state index is 12.3. The minimum Gasteiger partial charge on any atom is -0.307 e. The molecule has 1 aliphatic heterocycles.